The van der Waals surface area contributed by atoms with Crippen molar-refractivity contribution in [2.75, 3.05) is 58.5 Å². The number of ether oxygens (including phenoxy) is 3. The summed E-state index contributed by atoms with van der Waals surface area (Å²) in [5.74, 6) is 0.667. The average Bonchev–Trinajstić information content (AvgIpc) is 3.37. The van der Waals surface area contributed by atoms with Crippen LogP contribution < -0.4 is 14.4 Å². The highest BCUT2D eigenvalue weighted by Crippen LogP contribution is 2.48. The molecule has 13 heteroatoms. The van der Waals surface area contributed by atoms with E-state index in [1.165, 1.54) is 31.4 Å². The molecule has 0 radical (unpaired) electrons. The zero-order valence-electron chi connectivity index (χ0n) is 26.7. The minimum absolute atomic E-state index is 0.0308. The molecule has 4 atom stereocenters. The van der Waals surface area contributed by atoms with Crippen molar-refractivity contribution in [3.05, 3.63) is 41.5 Å². The number of phenolic OH excluding ortho intramolecular Hbond substituents is 1. The van der Waals surface area contributed by atoms with E-state index in [1.807, 2.05) is 11.9 Å². The summed E-state index contributed by atoms with van der Waals surface area (Å²) in [5.41, 5.74) is -1.06. The number of hydrogen-bond acceptors (Lipinski definition) is 10. The minimum atomic E-state index is -1.01. The standard InChI is InChI=1S/C35H36F3N5O5/c1-4-23-25(37)8-7-19-12-21(44)13-24(27(19)23)30-29(38)31-28(33(39-30)46-3)32(43-10-11-47-17-22(45)16-43)41-34(40-31)48-18-35-9-5-6-26(35)42(2)15-20(36)14-35/h1,7-8,12-13,20,22,26,44-45H,5-6,9-11,14-18H2,2-3H3. The van der Waals surface area contributed by atoms with E-state index in [4.69, 9.17) is 25.6 Å². The second-order valence-corrected chi connectivity index (χ2v) is 13.0. The molecule has 2 saturated heterocycles. The molecule has 1 saturated carbocycles. The van der Waals surface area contributed by atoms with Crippen molar-refractivity contribution >= 4 is 27.5 Å². The molecule has 48 heavy (non-hydrogen) atoms. The number of terminal acetylenes is 1. The molecule has 2 aromatic heterocycles. The van der Waals surface area contributed by atoms with Gasteiger partial charge >= 0.3 is 6.01 Å². The predicted molar refractivity (Wildman–Crippen MR) is 173 cm³/mol. The van der Waals surface area contributed by atoms with Gasteiger partial charge in [0.1, 0.15) is 40.2 Å². The van der Waals surface area contributed by atoms with Crippen molar-refractivity contribution in [1.82, 2.24) is 19.9 Å². The van der Waals surface area contributed by atoms with Crippen LogP contribution in [-0.2, 0) is 4.74 Å². The highest BCUT2D eigenvalue weighted by atomic mass is 19.1. The number of methoxy groups -OCH3 is 1. The van der Waals surface area contributed by atoms with Crippen molar-refractivity contribution in [2.45, 2.75) is 44.0 Å². The Morgan fingerprint density at radius 1 is 1.17 bits per heavy atom. The highest BCUT2D eigenvalue weighted by Gasteiger charge is 2.50. The van der Waals surface area contributed by atoms with Crippen molar-refractivity contribution in [1.29, 1.82) is 0 Å². The monoisotopic (exact) mass is 663 g/mol. The first-order chi connectivity index (χ1) is 23.1. The average molecular weight is 664 g/mol. The van der Waals surface area contributed by atoms with Crippen LogP contribution in [-0.4, -0.2) is 102 Å². The lowest BCUT2D eigenvalue weighted by Crippen LogP contribution is -2.54. The van der Waals surface area contributed by atoms with Crippen LogP contribution in [0, 0.1) is 29.4 Å². The minimum Gasteiger partial charge on any atom is -0.508 e. The Labute approximate surface area is 275 Å². The largest absolute Gasteiger partial charge is 0.508 e. The number of anilines is 1. The number of phenols is 1. The first kappa shape index (κ1) is 32.2. The number of nitrogens with zero attached hydrogens (tertiary/aromatic N) is 5. The number of hydrogen-bond donors (Lipinski definition) is 2. The number of piperidine rings is 1. The molecule has 2 N–H and O–H groups in total. The zero-order valence-corrected chi connectivity index (χ0v) is 26.7. The highest BCUT2D eigenvalue weighted by molar-refractivity contribution is 6.04. The van der Waals surface area contributed by atoms with Gasteiger partial charge in [-0.2, -0.15) is 9.97 Å². The van der Waals surface area contributed by atoms with Crippen LogP contribution in [0.4, 0.5) is 19.0 Å². The molecule has 3 aliphatic rings. The molecule has 2 aromatic carbocycles. The Bertz CT molecular complexity index is 1940. The van der Waals surface area contributed by atoms with Crippen LogP contribution >= 0.6 is 0 Å². The molecule has 1 aliphatic carbocycles. The SMILES string of the molecule is C#Cc1c(F)ccc2cc(O)cc(-c3nc(OC)c4c(N5CCOCC(O)C5)nc(OCC56CCCC5N(C)CC(F)C6)nc4c3F)c12. The van der Waals surface area contributed by atoms with Gasteiger partial charge in [-0.15, -0.1) is 6.42 Å². The first-order valence-electron chi connectivity index (χ1n) is 16.0. The number of benzene rings is 2. The maximum absolute atomic E-state index is 17.0. The van der Waals surface area contributed by atoms with Crippen molar-refractivity contribution in [3.63, 3.8) is 0 Å². The third kappa shape index (κ3) is 5.51. The molecule has 4 heterocycles. The fourth-order valence-electron chi connectivity index (χ4n) is 7.89. The molecular formula is C35H36F3N5O5. The van der Waals surface area contributed by atoms with E-state index >= 15 is 4.39 Å². The smallest absolute Gasteiger partial charge is 0.319 e. The van der Waals surface area contributed by atoms with E-state index in [0.29, 0.717) is 24.9 Å². The molecule has 7 rings (SSSR count). The van der Waals surface area contributed by atoms with Crippen LogP contribution in [0.25, 0.3) is 32.9 Å². The molecule has 3 fully saturated rings. The number of pyridine rings is 1. The number of aromatic hydroxyl groups is 1. The van der Waals surface area contributed by atoms with E-state index < -0.39 is 29.3 Å². The van der Waals surface area contributed by atoms with Gasteiger partial charge in [0.2, 0.25) is 5.88 Å². The van der Waals surface area contributed by atoms with Gasteiger partial charge in [-0.1, -0.05) is 18.4 Å². The van der Waals surface area contributed by atoms with E-state index in [9.17, 15) is 19.0 Å². The molecule has 4 aromatic rings. The topological polar surface area (TPSA) is 113 Å². The Morgan fingerprint density at radius 3 is 2.79 bits per heavy atom. The van der Waals surface area contributed by atoms with E-state index in [-0.39, 0.29) is 89.0 Å². The van der Waals surface area contributed by atoms with Crippen LogP contribution in [0.2, 0.25) is 0 Å². The molecule has 0 bridgehead atoms. The Balaban J connectivity index is 1.43. The van der Waals surface area contributed by atoms with Gasteiger partial charge in [0.25, 0.3) is 0 Å². The summed E-state index contributed by atoms with van der Waals surface area (Å²) in [6.45, 7) is 1.27. The Morgan fingerprint density at radius 2 is 2.00 bits per heavy atom. The van der Waals surface area contributed by atoms with Crippen LogP contribution in [0.5, 0.6) is 17.6 Å². The van der Waals surface area contributed by atoms with Gasteiger partial charge in [-0.05, 0) is 49.9 Å². The number of likely N-dealkylation sites (tertiary alicyclic amines) is 1. The summed E-state index contributed by atoms with van der Waals surface area (Å²) in [6.07, 6.45) is 6.78. The van der Waals surface area contributed by atoms with E-state index in [2.05, 4.69) is 15.9 Å². The molecule has 0 amide bonds. The van der Waals surface area contributed by atoms with Gasteiger partial charge < -0.3 is 29.3 Å². The summed E-state index contributed by atoms with van der Waals surface area (Å²) in [5, 5.41) is 21.9. The lowest BCUT2D eigenvalue weighted by Gasteiger charge is -2.45. The Hall–Kier alpha value is -4.38. The molecule has 10 nitrogen and oxygen atoms in total. The summed E-state index contributed by atoms with van der Waals surface area (Å²) in [7, 11) is 3.28. The molecular weight excluding hydrogens is 627 g/mol. The summed E-state index contributed by atoms with van der Waals surface area (Å²) >= 11 is 0. The third-order valence-corrected chi connectivity index (χ3v) is 9.90. The van der Waals surface area contributed by atoms with Gasteiger partial charge in [0.15, 0.2) is 5.82 Å². The Kier molecular flexibility index (Phi) is 8.43. The van der Waals surface area contributed by atoms with Crippen LogP contribution in [0.1, 0.15) is 31.2 Å². The summed E-state index contributed by atoms with van der Waals surface area (Å²) in [6, 6.07) is 5.25. The second-order valence-electron chi connectivity index (χ2n) is 13.0. The second kappa shape index (κ2) is 12.6. The fraction of sp³-hybridized carbons (Fsp3) is 0.457. The molecule has 2 aliphatic heterocycles. The first-order valence-corrected chi connectivity index (χ1v) is 16.0. The van der Waals surface area contributed by atoms with Crippen LogP contribution in [0.3, 0.4) is 0 Å². The maximum Gasteiger partial charge on any atom is 0.319 e. The number of aliphatic hydroxyl groups is 1. The summed E-state index contributed by atoms with van der Waals surface area (Å²) < 4.78 is 64.4. The number of β-amino-alcohol motifs (C(OH)–C–C–N with tert-alkyl or cyclic N) is 1. The van der Waals surface area contributed by atoms with Crippen molar-refractivity contribution in [2.24, 2.45) is 5.41 Å². The van der Waals surface area contributed by atoms with Gasteiger partial charge in [0, 0.05) is 42.0 Å². The van der Waals surface area contributed by atoms with E-state index in [1.54, 1.807) is 4.90 Å². The number of rotatable bonds is 6. The lowest BCUT2D eigenvalue weighted by molar-refractivity contribution is -0.0244. The maximum atomic E-state index is 17.0. The van der Waals surface area contributed by atoms with Gasteiger partial charge in [-0.25, -0.2) is 18.2 Å². The summed E-state index contributed by atoms with van der Waals surface area (Å²) in [4.78, 5) is 17.5. The third-order valence-electron chi connectivity index (χ3n) is 9.90. The quantitative estimate of drug-likeness (QED) is 0.284. The molecule has 4 unspecified atom stereocenters. The molecule has 0 spiro atoms. The van der Waals surface area contributed by atoms with Crippen molar-refractivity contribution < 1.29 is 37.6 Å². The number of alkyl halides is 1. The van der Waals surface area contributed by atoms with Crippen LogP contribution in [0.15, 0.2) is 24.3 Å². The normalized spacial score (nSPS) is 24.8. The number of halogens is 3. The number of fused-ring (bicyclic) bond motifs is 3. The predicted octanol–water partition coefficient (Wildman–Crippen LogP) is 4.61. The van der Waals surface area contributed by atoms with E-state index in [0.717, 1.165) is 19.3 Å². The number of aromatic nitrogens is 3. The zero-order chi connectivity index (χ0) is 33.7. The van der Waals surface area contributed by atoms with Gasteiger partial charge in [-0.3, -0.25) is 4.90 Å². The fourth-order valence-corrected chi connectivity index (χ4v) is 7.89. The van der Waals surface area contributed by atoms with Crippen molar-refractivity contribution in [3.8, 4) is 41.2 Å². The lowest BCUT2D eigenvalue weighted by atomic mass is 9.75. The van der Waals surface area contributed by atoms with Gasteiger partial charge in [0.05, 0.1) is 38.6 Å². The molecule has 252 valence electrons. The number of aliphatic hydroxyl groups excluding tert-OH is 1.